The zero-order chi connectivity index (χ0) is 24.3. The largest absolute Gasteiger partial charge is 0.442 e. The predicted octanol–water partition coefficient (Wildman–Crippen LogP) is 7.33. The van der Waals surface area contributed by atoms with Gasteiger partial charge in [-0.1, -0.05) is 36.0 Å². The Balaban J connectivity index is 1.53. The molecule has 0 bridgehead atoms. The molecular formula is C29H30N4OS. The molecule has 1 aromatic carbocycles. The number of hydrogen-bond donors (Lipinski definition) is 0. The van der Waals surface area contributed by atoms with E-state index < -0.39 is 0 Å². The van der Waals surface area contributed by atoms with Gasteiger partial charge < -0.3 is 4.74 Å². The van der Waals surface area contributed by atoms with Gasteiger partial charge in [-0.2, -0.15) is 5.26 Å². The number of ether oxygens (including phenoxy) is 1. The summed E-state index contributed by atoms with van der Waals surface area (Å²) in [5, 5.41) is 11.1. The molecule has 5 nitrogen and oxygen atoms in total. The fourth-order valence-electron chi connectivity index (χ4n) is 4.02. The van der Waals surface area contributed by atoms with Crippen molar-refractivity contribution in [2.45, 2.75) is 58.3 Å². The fraction of sp³-hybridized carbons (Fsp3) is 0.345. The molecule has 0 unspecified atom stereocenters. The van der Waals surface area contributed by atoms with Crippen molar-refractivity contribution in [3.63, 3.8) is 0 Å². The first-order valence-corrected chi connectivity index (χ1v) is 13.1. The first kappa shape index (κ1) is 24.7. The van der Waals surface area contributed by atoms with E-state index in [2.05, 4.69) is 33.9 Å². The van der Waals surface area contributed by atoms with E-state index in [1.54, 1.807) is 12.1 Å². The van der Waals surface area contributed by atoms with E-state index in [0.717, 1.165) is 48.3 Å². The van der Waals surface area contributed by atoms with E-state index in [-0.39, 0.29) is 0 Å². The number of allylic oxidation sites excluding steroid dienone is 4. The average molecular weight is 483 g/mol. The van der Waals surface area contributed by atoms with Gasteiger partial charge in [0.05, 0.1) is 28.8 Å². The predicted molar refractivity (Wildman–Crippen MR) is 143 cm³/mol. The Bertz CT molecular complexity index is 1230. The quantitative estimate of drug-likeness (QED) is 0.291. The third-order valence-corrected chi connectivity index (χ3v) is 6.79. The Hall–Kier alpha value is -3.39. The molecule has 0 amide bonds. The maximum absolute atomic E-state index is 9.46. The van der Waals surface area contributed by atoms with Gasteiger partial charge >= 0.3 is 0 Å². The van der Waals surface area contributed by atoms with Crippen LogP contribution in [0.4, 0.5) is 0 Å². The van der Waals surface area contributed by atoms with Gasteiger partial charge in [-0.15, -0.1) is 0 Å². The number of aliphatic imine (C=N–C) groups is 1. The Kier molecular flexibility index (Phi) is 9.11. The van der Waals surface area contributed by atoms with E-state index in [1.807, 2.05) is 37.5 Å². The number of hydrogen-bond acceptors (Lipinski definition) is 6. The van der Waals surface area contributed by atoms with Gasteiger partial charge in [0.2, 0.25) is 5.09 Å². The van der Waals surface area contributed by atoms with Crippen LogP contribution in [0.1, 0.15) is 63.0 Å². The molecule has 0 spiro atoms. The van der Waals surface area contributed by atoms with Crippen LogP contribution in [0, 0.1) is 11.3 Å². The van der Waals surface area contributed by atoms with Gasteiger partial charge in [0.15, 0.2) is 5.82 Å². The van der Waals surface area contributed by atoms with Crippen molar-refractivity contribution < 1.29 is 4.74 Å². The van der Waals surface area contributed by atoms with Crippen molar-refractivity contribution in [1.29, 1.82) is 5.26 Å². The second-order valence-corrected chi connectivity index (χ2v) is 9.60. The first-order chi connectivity index (χ1) is 17.2. The summed E-state index contributed by atoms with van der Waals surface area (Å²) in [7, 11) is 0. The Morgan fingerprint density at radius 3 is 2.91 bits per heavy atom. The molecule has 4 rings (SSSR count). The highest BCUT2D eigenvalue weighted by Gasteiger charge is 2.17. The van der Waals surface area contributed by atoms with Gasteiger partial charge in [-0.25, -0.2) is 9.97 Å². The minimum Gasteiger partial charge on any atom is -0.442 e. The van der Waals surface area contributed by atoms with Crippen molar-refractivity contribution >= 4 is 16.8 Å². The normalized spacial score (nSPS) is 16.1. The second-order valence-electron chi connectivity index (χ2n) is 8.56. The highest BCUT2D eigenvalue weighted by atomic mass is 32.2. The lowest BCUT2D eigenvalue weighted by Crippen LogP contribution is -2.01. The third-order valence-electron chi connectivity index (χ3n) is 5.90. The number of rotatable bonds is 8. The molecule has 35 heavy (non-hydrogen) atoms. The number of aromatic nitrogens is 2. The molecule has 2 heterocycles. The molecule has 0 fully saturated rings. The Morgan fingerprint density at radius 2 is 2.09 bits per heavy atom. The third kappa shape index (κ3) is 7.29. The summed E-state index contributed by atoms with van der Waals surface area (Å²) in [4.78, 5) is 13.9. The van der Waals surface area contributed by atoms with Gasteiger partial charge in [0, 0.05) is 18.8 Å². The monoisotopic (exact) mass is 482 g/mol. The number of aryl methyl sites for hydroxylation is 1. The lowest BCUT2D eigenvalue weighted by molar-refractivity contribution is 0.469. The van der Waals surface area contributed by atoms with Crippen LogP contribution in [-0.4, -0.2) is 21.6 Å². The molecule has 2 aliphatic rings. The van der Waals surface area contributed by atoms with E-state index in [0.29, 0.717) is 28.8 Å². The summed E-state index contributed by atoms with van der Waals surface area (Å²) >= 11 is 1.51. The summed E-state index contributed by atoms with van der Waals surface area (Å²) in [6, 6.07) is 7.55. The summed E-state index contributed by atoms with van der Waals surface area (Å²) in [5.74, 6) is 1.11. The van der Waals surface area contributed by atoms with E-state index in [1.165, 1.54) is 36.6 Å². The summed E-state index contributed by atoms with van der Waals surface area (Å²) in [5.41, 5.74) is 7.04. The van der Waals surface area contributed by atoms with Crippen molar-refractivity contribution in [2.24, 2.45) is 4.99 Å². The van der Waals surface area contributed by atoms with Gasteiger partial charge in [0.25, 0.3) is 0 Å². The number of thioether (sulfide) groups is 1. The van der Waals surface area contributed by atoms with Gasteiger partial charge in [0.1, 0.15) is 5.75 Å². The molecule has 2 aromatic rings. The van der Waals surface area contributed by atoms with E-state index in [4.69, 9.17) is 9.73 Å². The topological polar surface area (TPSA) is 71.2 Å². The molecular weight excluding hydrogens is 452 g/mol. The fourth-order valence-corrected chi connectivity index (χ4v) is 4.91. The molecule has 6 heteroatoms. The second kappa shape index (κ2) is 12.9. The van der Waals surface area contributed by atoms with Gasteiger partial charge in [-0.3, -0.25) is 4.99 Å². The Labute approximate surface area is 212 Å². The van der Waals surface area contributed by atoms with Crippen LogP contribution in [0.3, 0.4) is 0 Å². The van der Waals surface area contributed by atoms with E-state index >= 15 is 0 Å². The molecule has 178 valence electrons. The summed E-state index contributed by atoms with van der Waals surface area (Å²) < 4.78 is 6.31. The molecule has 1 aromatic heterocycles. The molecule has 0 atom stereocenters. The highest BCUT2D eigenvalue weighted by molar-refractivity contribution is 8.17. The summed E-state index contributed by atoms with van der Waals surface area (Å²) in [6.07, 6.45) is 21.0. The van der Waals surface area contributed by atoms with Crippen molar-refractivity contribution in [1.82, 2.24) is 9.97 Å². The lowest BCUT2D eigenvalue weighted by Gasteiger charge is -2.13. The van der Waals surface area contributed by atoms with Crippen LogP contribution >= 0.6 is 11.8 Å². The van der Waals surface area contributed by atoms with Crippen LogP contribution in [0.15, 0.2) is 76.3 Å². The Morgan fingerprint density at radius 1 is 1.20 bits per heavy atom. The van der Waals surface area contributed by atoms with Crippen LogP contribution in [0.25, 0.3) is 11.4 Å². The SMILES string of the molecule is C/C=C/CCc1cnc(-c2ccc(C#N)cc2OC2=C=CCN=C(CC3=CCCCCC3)S2)nc1. The molecule has 0 saturated carbocycles. The molecule has 0 N–H and O–H groups in total. The molecule has 0 radical (unpaired) electrons. The van der Waals surface area contributed by atoms with Gasteiger partial charge in [-0.05, 0) is 87.0 Å². The van der Waals surface area contributed by atoms with Crippen molar-refractivity contribution in [3.05, 3.63) is 82.4 Å². The minimum absolute atomic E-state index is 0.521. The molecule has 0 saturated heterocycles. The van der Waals surface area contributed by atoms with Crippen LogP contribution < -0.4 is 4.74 Å². The zero-order valence-corrected chi connectivity index (χ0v) is 21.0. The van der Waals surface area contributed by atoms with E-state index in [9.17, 15) is 5.26 Å². The lowest BCUT2D eigenvalue weighted by atomic mass is 10.1. The minimum atomic E-state index is 0.521. The zero-order valence-electron chi connectivity index (χ0n) is 20.2. The first-order valence-electron chi connectivity index (χ1n) is 12.2. The smallest absolute Gasteiger partial charge is 0.209 e. The maximum atomic E-state index is 9.46. The number of nitriles is 1. The summed E-state index contributed by atoms with van der Waals surface area (Å²) in [6.45, 7) is 2.61. The van der Waals surface area contributed by atoms with Crippen LogP contribution in [0.2, 0.25) is 0 Å². The van der Waals surface area contributed by atoms with Crippen LogP contribution in [-0.2, 0) is 6.42 Å². The van der Waals surface area contributed by atoms with Crippen molar-refractivity contribution in [3.8, 4) is 23.2 Å². The highest BCUT2D eigenvalue weighted by Crippen LogP contribution is 2.34. The molecule has 1 aliphatic carbocycles. The maximum Gasteiger partial charge on any atom is 0.209 e. The standard InChI is InChI=1S/C29H30N4OS/c1-2-3-6-12-24-20-32-29(33-21-24)25-15-14-23(19-30)17-26(25)34-28-13-9-16-31-27(35-28)18-22-10-7-4-5-8-11-22/h2-3,9-10,14-15,17,20-21H,4-8,11-12,16,18H2,1H3/b3-2+. The number of nitrogens with zero attached hydrogens (tertiary/aromatic N) is 4. The average Bonchev–Trinajstić information content (AvgIpc) is 3.27. The van der Waals surface area contributed by atoms with Crippen LogP contribution in [0.5, 0.6) is 5.75 Å². The van der Waals surface area contributed by atoms with Crippen molar-refractivity contribution in [2.75, 3.05) is 6.54 Å². The molecule has 1 aliphatic heterocycles. The number of benzene rings is 1.